The van der Waals surface area contributed by atoms with Crippen LogP contribution in [0.3, 0.4) is 0 Å². The number of benzene rings is 2. The fraction of sp³-hybridized carbons (Fsp3) is 0.273. The van der Waals surface area contributed by atoms with E-state index in [-0.39, 0.29) is 11.3 Å². The van der Waals surface area contributed by atoms with E-state index in [1.807, 2.05) is 36.4 Å². The molecule has 140 valence electrons. The van der Waals surface area contributed by atoms with Crippen molar-refractivity contribution in [2.75, 3.05) is 19.5 Å². The van der Waals surface area contributed by atoms with Gasteiger partial charge < -0.3 is 14.8 Å². The number of methoxy groups -OCH3 is 2. The summed E-state index contributed by atoms with van der Waals surface area (Å²) in [6.45, 7) is 6.25. The van der Waals surface area contributed by atoms with Crippen molar-refractivity contribution in [3.63, 3.8) is 0 Å². The third-order valence-corrected chi connectivity index (χ3v) is 4.43. The molecule has 0 aliphatic rings. The van der Waals surface area contributed by atoms with Gasteiger partial charge in [0.2, 0.25) is 0 Å². The maximum Gasteiger partial charge on any atom is 0.257 e. The molecule has 0 bridgehead atoms. The number of ether oxygens (including phenoxy) is 2. The van der Waals surface area contributed by atoms with Crippen molar-refractivity contribution < 1.29 is 14.3 Å². The van der Waals surface area contributed by atoms with Crippen LogP contribution in [0.2, 0.25) is 0 Å². The minimum absolute atomic E-state index is 0.191. The third-order valence-electron chi connectivity index (χ3n) is 4.43. The monoisotopic (exact) mass is 364 g/mol. The number of rotatable bonds is 4. The van der Waals surface area contributed by atoms with E-state index < -0.39 is 0 Å². The Balaban J connectivity index is 2.00. The highest BCUT2D eigenvalue weighted by molar-refractivity contribution is 6.06. The van der Waals surface area contributed by atoms with Crippen LogP contribution >= 0.6 is 0 Å². The molecule has 1 N–H and O–H groups in total. The van der Waals surface area contributed by atoms with Gasteiger partial charge in [-0.1, -0.05) is 39.0 Å². The van der Waals surface area contributed by atoms with E-state index >= 15 is 0 Å². The Kier molecular flexibility index (Phi) is 5.04. The first-order valence-corrected chi connectivity index (χ1v) is 8.76. The van der Waals surface area contributed by atoms with Crippen LogP contribution in [-0.4, -0.2) is 25.1 Å². The molecule has 27 heavy (non-hydrogen) atoms. The van der Waals surface area contributed by atoms with E-state index in [1.165, 1.54) is 0 Å². The molecule has 0 saturated heterocycles. The molecule has 0 unspecified atom stereocenters. The zero-order valence-electron chi connectivity index (χ0n) is 16.3. The summed E-state index contributed by atoms with van der Waals surface area (Å²) >= 11 is 0. The van der Waals surface area contributed by atoms with Crippen LogP contribution < -0.4 is 14.8 Å². The quantitative estimate of drug-likeness (QED) is 0.722. The van der Waals surface area contributed by atoms with Crippen molar-refractivity contribution >= 4 is 22.5 Å². The second-order valence-electron chi connectivity index (χ2n) is 7.37. The van der Waals surface area contributed by atoms with Crippen molar-refractivity contribution in [1.82, 2.24) is 4.98 Å². The number of anilines is 1. The molecule has 0 radical (unpaired) electrons. The summed E-state index contributed by atoms with van der Waals surface area (Å²) in [5.41, 5.74) is 2.82. The van der Waals surface area contributed by atoms with Crippen LogP contribution in [-0.2, 0) is 5.41 Å². The van der Waals surface area contributed by atoms with Crippen molar-refractivity contribution in [3.8, 4) is 11.5 Å². The molecule has 1 heterocycles. The van der Waals surface area contributed by atoms with Crippen LogP contribution in [0.25, 0.3) is 10.9 Å². The lowest BCUT2D eigenvalue weighted by Gasteiger charge is -2.25. The summed E-state index contributed by atoms with van der Waals surface area (Å²) in [6, 6.07) is 13.3. The number of aromatic nitrogens is 1. The number of hydrogen-bond donors (Lipinski definition) is 1. The van der Waals surface area contributed by atoms with Gasteiger partial charge in [-0.05, 0) is 29.2 Å². The Hall–Kier alpha value is -3.08. The molecular formula is C22H24N2O3. The smallest absolute Gasteiger partial charge is 0.257 e. The van der Waals surface area contributed by atoms with Gasteiger partial charge in [-0.25, -0.2) is 0 Å². The third kappa shape index (κ3) is 3.87. The van der Waals surface area contributed by atoms with Crippen molar-refractivity contribution in [1.29, 1.82) is 0 Å². The number of fused-ring (bicyclic) bond motifs is 1. The summed E-state index contributed by atoms with van der Waals surface area (Å²) in [5, 5.41) is 3.93. The lowest BCUT2D eigenvalue weighted by atomic mass is 9.85. The first-order valence-electron chi connectivity index (χ1n) is 8.76. The minimum Gasteiger partial charge on any atom is -0.493 e. The lowest BCUT2D eigenvalue weighted by Crippen LogP contribution is -2.19. The second-order valence-corrected chi connectivity index (χ2v) is 7.37. The fourth-order valence-electron chi connectivity index (χ4n) is 2.99. The summed E-state index contributed by atoms with van der Waals surface area (Å²) in [6.07, 6.45) is 1.59. The van der Waals surface area contributed by atoms with Gasteiger partial charge >= 0.3 is 0 Å². The molecule has 5 nitrogen and oxygen atoms in total. The molecule has 0 spiro atoms. The van der Waals surface area contributed by atoms with Crippen LogP contribution in [0.15, 0.2) is 48.7 Å². The van der Waals surface area contributed by atoms with E-state index in [0.29, 0.717) is 22.7 Å². The normalized spacial score (nSPS) is 11.3. The van der Waals surface area contributed by atoms with Gasteiger partial charge in [-0.2, -0.15) is 0 Å². The molecule has 1 aromatic heterocycles. The molecule has 0 saturated carbocycles. The molecule has 0 aliphatic heterocycles. The largest absolute Gasteiger partial charge is 0.493 e. The van der Waals surface area contributed by atoms with Crippen LogP contribution in [0.1, 0.15) is 36.7 Å². The highest BCUT2D eigenvalue weighted by Gasteiger charge is 2.23. The predicted octanol–water partition coefficient (Wildman–Crippen LogP) is 4.80. The van der Waals surface area contributed by atoms with Gasteiger partial charge in [-0.15, -0.1) is 0 Å². The molecular weight excluding hydrogens is 340 g/mol. The Labute approximate surface area is 159 Å². The van der Waals surface area contributed by atoms with E-state index in [2.05, 4.69) is 31.1 Å². The molecule has 0 aliphatic carbocycles. The number of amides is 1. The number of nitrogens with zero attached hydrogens (tertiary/aromatic N) is 1. The van der Waals surface area contributed by atoms with E-state index in [4.69, 9.17) is 9.47 Å². The van der Waals surface area contributed by atoms with Gasteiger partial charge in [0.1, 0.15) is 0 Å². The fourth-order valence-corrected chi connectivity index (χ4v) is 2.99. The first kappa shape index (κ1) is 18.7. The molecule has 1 amide bonds. The van der Waals surface area contributed by atoms with Gasteiger partial charge in [-0.3, -0.25) is 9.78 Å². The van der Waals surface area contributed by atoms with Crippen LogP contribution in [0.5, 0.6) is 11.5 Å². The Morgan fingerprint density at radius 3 is 2.33 bits per heavy atom. The zero-order chi connectivity index (χ0) is 19.6. The maximum atomic E-state index is 12.9. The van der Waals surface area contributed by atoms with E-state index in [9.17, 15) is 4.79 Å². The van der Waals surface area contributed by atoms with Crippen molar-refractivity contribution in [3.05, 3.63) is 59.8 Å². The van der Waals surface area contributed by atoms with Crippen LogP contribution in [0, 0.1) is 0 Å². The molecule has 0 atom stereocenters. The Bertz CT molecular complexity index is 991. The molecule has 3 rings (SSSR count). The average Bonchev–Trinajstić information content (AvgIpc) is 2.66. The summed E-state index contributed by atoms with van der Waals surface area (Å²) in [5.74, 6) is 0.983. The Morgan fingerprint density at radius 2 is 1.67 bits per heavy atom. The minimum atomic E-state index is -0.217. The lowest BCUT2D eigenvalue weighted by molar-refractivity contribution is 0.102. The highest BCUT2D eigenvalue weighted by atomic mass is 16.5. The predicted molar refractivity (Wildman–Crippen MR) is 108 cm³/mol. The van der Waals surface area contributed by atoms with Gasteiger partial charge in [0.25, 0.3) is 5.91 Å². The van der Waals surface area contributed by atoms with Crippen LogP contribution in [0.4, 0.5) is 5.69 Å². The van der Waals surface area contributed by atoms with Crippen molar-refractivity contribution in [2.24, 2.45) is 0 Å². The standard InChI is InChI=1S/C22H24N2O3/c1-22(2,3)16-11-19(26-4)20(27-5)12-18(16)24-21(25)15-10-14-8-6-7-9-17(14)23-13-15/h6-13H,1-5H3,(H,24,25). The number of para-hydroxylation sites is 1. The summed E-state index contributed by atoms with van der Waals surface area (Å²) in [4.78, 5) is 17.2. The molecule has 5 heteroatoms. The summed E-state index contributed by atoms with van der Waals surface area (Å²) in [7, 11) is 3.18. The SMILES string of the molecule is COc1cc(NC(=O)c2cnc3ccccc3c2)c(C(C)(C)C)cc1OC. The average molecular weight is 364 g/mol. The maximum absolute atomic E-state index is 12.9. The van der Waals surface area contributed by atoms with Gasteiger partial charge in [0, 0.05) is 23.3 Å². The first-order chi connectivity index (χ1) is 12.8. The topological polar surface area (TPSA) is 60.5 Å². The number of hydrogen-bond acceptors (Lipinski definition) is 4. The number of carbonyl (C=O) groups excluding carboxylic acids is 1. The summed E-state index contributed by atoms with van der Waals surface area (Å²) < 4.78 is 10.8. The van der Waals surface area contributed by atoms with Crippen molar-refractivity contribution in [2.45, 2.75) is 26.2 Å². The highest BCUT2D eigenvalue weighted by Crippen LogP contribution is 2.39. The molecule has 3 aromatic rings. The van der Waals surface area contributed by atoms with Gasteiger partial charge in [0.15, 0.2) is 11.5 Å². The van der Waals surface area contributed by atoms with E-state index in [1.54, 1.807) is 26.5 Å². The molecule has 0 fully saturated rings. The molecule has 2 aromatic carbocycles. The number of pyridine rings is 1. The number of nitrogens with one attached hydrogen (secondary N) is 1. The van der Waals surface area contributed by atoms with E-state index in [0.717, 1.165) is 16.5 Å². The Morgan fingerprint density at radius 1 is 1.00 bits per heavy atom. The zero-order valence-corrected chi connectivity index (χ0v) is 16.3. The number of carbonyl (C=O) groups is 1. The second kappa shape index (κ2) is 7.27. The van der Waals surface area contributed by atoms with Gasteiger partial charge in [0.05, 0.1) is 25.3 Å².